The van der Waals surface area contributed by atoms with Crippen LogP contribution in [-0.2, 0) is 14.8 Å². The number of aryl methyl sites for hydroxylation is 1. The van der Waals surface area contributed by atoms with Gasteiger partial charge >= 0.3 is 12.5 Å². The summed E-state index contributed by atoms with van der Waals surface area (Å²) in [4.78, 5) is 15.9. The van der Waals surface area contributed by atoms with Crippen molar-refractivity contribution in [3.8, 4) is 0 Å². The molecule has 0 aliphatic heterocycles. The third-order valence-corrected chi connectivity index (χ3v) is 6.30. The summed E-state index contributed by atoms with van der Waals surface area (Å²) in [7, 11) is -2.80. The molecule has 1 heterocycles. The van der Waals surface area contributed by atoms with Gasteiger partial charge in [-0.05, 0) is 36.8 Å². The second-order valence-corrected chi connectivity index (χ2v) is 8.57. The number of hydrogen-bond donors (Lipinski definition) is 1. The van der Waals surface area contributed by atoms with Crippen LogP contribution in [0.4, 0.5) is 8.78 Å². The Morgan fingerprint density at radius 2 is 1.93 bits per heavy atom. The fourth-order valence-electron chi connectivity index (χ4n) is 3.15. The molecule has 3 rings (SSSR count). The van der Waals surface area contributed by atoms with Crippen molar-refractivity contribution in [3.05, 3.63) is 59.4 Å². The Morgan fingerprint density at radius 1 is 1.23 bits per heavy atom. The molecule has 0 bridgehead atoms. The number of hydrogen-bond acceptors (Lipinski definition) is 5. The van der Waals surface area contributed by atoms with Crippen LogP contribution in [0.5, 0.6) is 0 Å². The molecule has 1 aromatic heterocycles. The topological polar surface area (TPSA) is 90.3 Å². The first-order chi connectivity index (χ1) is 14.2. The van der Waals surface area contributed by atoms with Crippen LogP contribution in [0.15, 0.2) is 47.4 Å². The normalized spacial score (nSPS) is 13.0. The van der Waals surface area contributed by atoms with Gasteiger partial charge in [0.2, 0.25) is 10.0 Å². The number of ether oxygens (including phenoxy) is 1. The minimum Gasteiger partial charge on any atom is -0.465 e. The molecular weight excluding hydrogens is 416 g/mol. The van der Waals surface area contributed by atoms with Crippen LogP contribution in [0, 0.1) is 6.92 Å². The van der Waals surface area contributed by atoms with Crippen LogP contribution >= 0.6 is 0 Å². The number of para-hydroxylation sites is 2. The molecule has 0 fully saturated rings. The van der Waals surface area contributed by atoms with E-state index in [1.165, 1.54) is 31.4 Å². The molecule has 0 aliphatic rings. The predicted octanol–water partition coefficient (Wildman–Crippen LogP) is 3.61. The lowest BCUT2D eigenvalue weighted by atomic mass is 10.1. The van der Waals surface area contributed by atoms with Gasteiger partial charge in [-0.25, -0.2) is 22.9 Å². The zero-order valence-corrected chi connectivity index (χ0v) is 17.4. The predicted molar refractivity (Wildman–Crippen MR) is 107 cm³/mol. The van der Waals surface area contributed by atoms with E-state index in [4.69, 9.17) is 0 Å². The number of fused-ring (bicyclic) bond motifs is 1. The Kier molecular flexibility index (Phi) is 6.18. The molecule has 1 atom stereocenters. The highest BCUT2D eigenvalue weighted by molar-refractivity contribution is 7.89. The van der Waals surface area contributed by atoms with Crippen LogP contribution in [0.2, 0.25) is 0 Å². The fraction of sp³-hybridized carbons (Fsp3) is 0.300. The Hall–Kier alpha value is -2.85. The van der Waals surface area contributed by atoms with Gasteiger partial charge in [-0.2, -0.15) is 8.78 Å². The maximum Gasteiger partial charge on any atom is 0.337 e. The number of alkyl halides is 2. The molecular formula is C20H21F2N3O4S. The van der Waals surface area contributed by atoms with Gasteiger partial charge in [0.15, 0.2) is 0 Å². The number of sulfonamides is 1. The third-order valence-electron chi connectivity index (χ3n) is 4.74. The van der Waals surface area contributed by atoms with E-state index in [1.807, 2.05) is 0 Å². The number of nitrogens with one attached hydrogen (secondary N) is 1. The second kappa shape index (κ2) is 8.49. The number of imidazole rings is 1. The average Bonchev–Trinajstić information content (AvgIpc) is 3.11. The Balaban J connectivity index is 1.88. The maximum atomic E-state index is 13.6. The van der Waals surface area contributed by atoms with Gasteiger partial charge in [0.25, 0.3) is 0 Å². The van der Waals surface area contributed by atoms with Crippen LogP contribution in [-0.4, -0.2) is 37.6 Å². The first kappa shape index (κ1) is 21.8. The zero-order chi connectivity index (χ0) is 22.1. The van der Waals surface area contributed by atoms with Crippen LogP contribution < -0.4 is 4.72 Å². The number of nitrogens with zero attached hydrogens (tertiary/aromatic N) is 2. The number of benzene rings is 2. The summed E-state index contributed by atoms with van der Waals surface area (Å²) in [5.41, 5.74) is 1.21. The molecule has 160 valence electrons. The number of carbonyl (C=O) groups is 1. The van der Waals surface area contributed by atoms with E-state index in [0.717, 1.165) is 4.57 Å². The molecule has 0 unspecified atom stereocenters. The average molecular weight is 437 g/mol. The van der Waals surface area contributed by atoms with Crippen molar-refractivity contribution >= 4 is 27.0 Å². The van der Waals surface area contributed by atoms with Crippen LogP contribution in [0.1, 0.15) is 41.1 Å². The highest BCUT2D eigenvalue weighted by Gasteiger charge is 2.25. The summed E-state index contributed by atoms with van der Waals surface area (Å²) in [5.74, 6) is -1.22. The minimum atomic E-state index is -4.00. The number of carbonyl (C=O) groups excluding carboxylic acids is 1. The van der Waals surface area contributed by atoms with E-state index in [9.17, 15) is 22.0 Å². The van der Waals surface area contributed by atoms with Gasteiger partial charge in [0, 0.05) is 12.5 Å². The molecule has 0 amide bonds. The van der Waals surface area contributed by atoms with Crippen LogP contribution in [0.3, 0.4) is 0 Å². The molecule has 3 aromatic rings. The molecule has 0 aliphatic carbocycles. The smallest absolute Gasteiger partial charge is 0.337 e. The van der Waals surface area contributed by atoms with Gasteiger partial charge in [-0.15, -0.1) is 0 Å². The zero-order valence-electron chi connectivity index (χ0n) is 16.6. The number of halogens is 2. The van der Waals surface area contributed by atoms with E-state index in [-0.39, 0.29) is 28.3 Å². The largest absolute Gasteiger partial charge is 0.465 e. The molecule has 0 spiro atoms. The summed E-state index contributed by atoms with van der Waals surface area (Å²) < 4.78 is 60.7. The monoisotopic (exact) mass is 437 g/mol. The third kappa shape index (κ3) is 4.19. The van der Waals surface area contributed by atoms with Gasteiger partial charge in [-0.3, -0.25) is 4.57 Å². The maximum absolute atomic E-state index is 13.6. The van der Waals surface area contributed by atoms with Crippen molar-refractivity contribution in [2.45, 2.75) is 31.2 Å². The molecule has 0 saturated carbocycles. The second-order valence-electron chi connectivity index (χ2n) is 6.83. The molecule has 7 nitrogen and oxygen atoms in total. The first-order valence-electron chi connectivity index (χ1n) is 9.09. The van der Waals surface area contributed by atoms with E-state index in [0.29, 0.717) is 11.1 Å². The summed E-state index contributed by atoms with van der Waals surface area (Å²) in [5, 5.41) is 0. The number of methoxy groups -OCH3 is 1. The Morgan fingerprint density at radius 3 is 2.60 bits per heavy atom. The summed E-state index contributed by atoms with van der Waals surface area (Å²) in [6, 6.07) is 10.7. The van der Waals surface area contributed by atoms with Gasteiger partial charge in [0.1, 0.15) is 5.82 Å². The highest BCUT2D eigenvalue weighted by atomic mass is 32.2. The lowest BCUT2D eigenvalue weighted by molar-refractivity contribution is 0.0600. The van der Waals surface area contributed by atoms with E-state index in [2.05, 4.69) is 14.4 Å². The van der Waals surface area contributed by atoms with Crippen molar-refractivity contribution in [2.75, 3.05) is 13.7 Å². The summed E-state index contributed by atoms with van der Waals surface area (Å²) in [6.45, 7) is 0.237. The van der Waals surface area contributed by atoms with Crippen LogP contribution in [0.25, 0.3) is 11.0 Å². The SMILES string of the molecule is COC(=O)c1ccc(C)c(S(=O)(=O)NC[C@@H](C)c2nc3ccccc3n2C(F)F)c1. The van der Waals surface area contributed by atoms with Crippen molar-refractivity contribution < 1.29 is 26.7 Å². The Bertz CT molecular complexity index is 1190. The fourth-order valence-corrected chi connectivity index (χ4v) is 4.55. The first-order valence-corrected chi connectivity index (χ1v) is 10.6. The lowest BCUT2D eigenvalue weighted by Gasteiger charge is -2.16. The van der Waals surface area contributed by atoms with E-state index in [1.54, 1.807) is 32.0 Å². The quantitative estimate of drug-likeness (QED) is 0.571. The van der Waals surface area contributed by atoms with Gasteiger partial charge in [-0.1, -0.05) is 25.1 Å². The number of aromatic nitrogens is 2. The van der Waals surface area contributed by atoms with Crippen molar-refractivity contribution in [1.29, 1.82) is 0 Å². The molecule has 2 aromatic carbocycles. The van der Waals surface area contributed by atoms with Crippen molar-refractivity contribution in [2.24, 2.45) is 0 Å². The molecule has 0 saturated heterocycles. The molecule has 0 radical (unpaired) electrons. The Labute approximate surface area is 172 Å². The lowest BCUT2D eigenvalue weighted by Crippen LogP contribution is -2.29. The highest BCUT2D eigenvalue weighted by Crippen LogP contribution is 2.27. The summed E-state index contributed by atoms with van der Waals surface area (Å²) in [6.07, 6.45) is 0. The number of esters is 1. The minimum absolute atomic E-state index is 0.0777. The number of rotatable bonds is 7. The van der Waals surface area contributed by atoms with E-state index >= 15 is 0 Å². The van der Waals surface area contributed by atoms with Gasteiger partial charge in [0.05, 0.1) is 28.6 Å². The molecule has 1 N–H and O–H groups in total. The molecule has 30 heavy (non-hydrogen) atoms. The standard InChI is InChI=1S/C20H21F2N3O4S/c1-12-8-9-14(19(26)29-3)10-17(12)30(27,28)23-11-13(2)18-24-15-6-4-5-7-16(15)25(18)20(21)22/h4-10,13,20,23H,11H2,1-3H3/t13-/m1/s1. The van der Waals surface area contributed by atoms with E-state index < -0.39 is 28.5 Å². The van der Waals surface area contributed by atoms with Crippen molar-refractivity contribution in [3.63, 3.8) is 0 Å². The van der Waals surface area contributed by atoms with Gasteiger partial charge < -0.3 is 4.74 Å². The summed E-state index contributed by atoms with van der Waals surface area (Å²) >= 11 is 0. The molecule has 10 heteroatoms. The van der Waals surface area contributed by atoms with Crippen molar-refractivity contribution in [1.82, 2.24) is 14.3 Å².